The number of ether oxygens (including phenoxy) is 2. The highest BCUT2D eigenvalue weighted by molar-refractivity contribution is 8.01. The lowest BCUT2D eigenvalue weighted by atomic mass is 10.1. The van der Waals surface area contributed by atoms with E-state index in [2.05, 4.69) is 32.5 Å². The van der Waals surface area contributed by atoms with E-state index in [1.807, 2.05) is 38.1 Å². The maximum absolute atomic E-state index is 13.6. The molecule has 10 heteroatoms. The van der Waals surface area contributed by atoms with Gasteiger partial charge in [-0.2, -0.15) is 4.98 Å². The Morgan fingerprint density at radius 1 is 1.20 bits per heavy atom. The predicted octanol–water partition coefficient (Wildman–Crippen LogP) is 4.11. The van der Waals surface area contributed by atoms with Crippen LogP contribution in [0.1, 0.15) is 44.4 Å². The Labute approximate surface area is 210 Å². The molecule has 1 aromatic carbocycles. The minimum absolute atomic E-state index is 0.0534. The number of aromatic nitrogens is 4. The highest BCUT2D eigenvalue weighted by Gasteiger charge is 2.37. The predicted molar refractivity (Wildman–Crippen MR) is 137 cm³/mol. The van der Waals surface area contributed by atoms with Crippen LogP contribution in [0.3, 0.4) is 0 Å². The molecule has 186 valence electrons. The van der Waals surface area contributed by atoms with Crippen molar-refractivity contribution in [3.63, 3.8) is 0 Å². The first-order valence-corrected chi connectivity index (χ1v) is 12.9. The number of fused-ring (bicyclic) bond motifs is 1. The van der Waals surface area contributed by atoms with Gasteiger partial charge in [-0.15, -0.1) is 11.8 Å². The van der Waals surface area contributed by atoms with E-state index in [-0.39, 0.29) is 12.7 Å². The summed E-state index contributed by atoms with van der Waals surface area (Å²) < 4.78 is 12.6. The summed E-state index contributed by atoms with van der Waals surface area (Å²) in [6.45, 7) is 6.85. The molecular weight excluding hydrogens is 464 g/mol. The molecule has 0 radical (unpaired) electrons. The molecule has 0 bridgehead atoms. The van der Waals surface area contributed by atoms with Crippen molar-refractivity contribution < 1.29 is 14.3 Å². The van der Waals surface area contributed by atoms with Crippen LogP contribution in [-0.2, 0) is 11.2 Å². The summed E-state index contributed by atoms with van der Waals surface area (Å²) in [5.41, 5.74) is 1.89. The highest BCUT2D eigenvalue weighted by Crippen LogP contribution is 2.33. The van der Waals surface area contributed by atoms with Gasteiger partial charge in [0.1, 0.15) is 12.1 Å². The molecule has 3 aromatic rings. The number of benzene rings is 1. The number of carbonyl (C=O) groups excluding carboxylic acids is 1. The highest BCUT2D eigenvalue weighted by atomic mass is 32.2. The Morgan fingerprint density at radius 2 is 2.06 bits per heavy atom. The molecule has 0 fully saturated rings. The molecule has 1 aliphatic heterocycles. The van der Waals surface area contributed by atoms with Gasteiger partial charge in [0.25, 0.3) is 5.91 Å². The third kappa shape index (κ3) is 6.05. The van der Waals surface area contributed by atoms with E-state index in [9.17, 15) is 4.79 Å². The lowest BCUT2D eigenvalue weighted by Crippen LogP contribution is -2.50. The molecule has 35 heavy (non-hydrogen) atoms. The first-order chi connectivity index (χ1) is 17.0. The second-order valence-electron chi connectivity index (χ2n) is 8.37. The number of hydrogen-bond donors (Lipinski definition) is 2. The number of nitrogens with one attached hydrogen (secondary N) is 2. The molecule has 1 aliphatic rings. The minimum atomic E-state index is -0.850. The van der Waals surface area contributed by atoms with Crippen molar-refractivity contribution in [2.45, 2.75) is 51.3 Å². The molecule has 0 spiro atoms. The Morgan fingerprint density at radius 3 is 2.83 bits per heavy atom. The van der Waals surface area contributed by atoms with Crippen molar-refractivity contribution in [1.82, 2.24) is 24.8 Å². The molecule has 1 unspecified atom stereocenters. The van der Waals surface area contributed by atoms with Gasteiger partial charge in [0, 0.05) is 30.7 Å². The van der Waals surface area contributed by atoms with E-state index >= 15 is 0 Å². The molecule has 1 atom stereocenters. The monoisotopic (exact) mass is 496 g/mol. The van der Waals surface area contributed by atoms with Gasteiger partial charge >= 0.3 is 0 Å². The molecule has 0 saturated heterocycles. The molecule has 3 heterocycles. The minimum Gasteiger partial charge on any atom is -0.454 e. The number of carbonyl (C=O) groups is 1. The van der Waals surface area contributed by atoms with Crippen molar-refractivity contribution in [2.24, 2.45) is 0 Å². The fraction of sp³-hybridized carbons (Fsp3) is 0.440. The van der Waals surface area contributed by atoms with Crippen molar-refractivity contribution >= 4 is 23.5 Å². The van der Waals surface area contributed by atoms with Crippen molar-refractivity contribution in [3.8, 4) is 17.4 Å². The van der Waals surface area contributed by atoms with Gasteiger partial charge < -0.3 is 20.1 Å². The van der Waals surface area contributed by atoms with Crippen molar-refractivity contribution in [1.29, 1.82) is 0 Å². The van der Waals surface area contributed by atoms with Gasteiger partial charge in [-0.05, 0) is 49.6 Å². The van der Waals surface area contributed by atoms with E-state index < -0.39 is 4.87 Å². The van der Waals surface area contributed by atoms with Gasteiger partial charge in [0.15, 0.2) is 16.4 Å². The molecule has 9 nitrogen and oxygen atoms in total. The number of unbranched alkanes of at least 4 members (excludes halogenated alkanes) is 1. The number of aryl methyl sites for hydroxylation is 1. The Hall–Kier alpha value is -3.27. The maximum atomic E-state index is 13.6. The van der Waals surface area contributed by atoms with Crippen LogP contribution in [0.25, 0.3) is 5.95 Å². The quantitative estimate of drug-likeness (QED) is 0.285. The average Bonchev–Trinajstić information content (AvgIpc) is 3.55. The lowest BCUT2D eigenvalue weighted by molar-refractivity contribution is -0.122. The Kier molecular flexibility index (Phi) is 8.12. The normalized spacial score (nSPS) is 13.9. The smallest absolute Gasteiger partial charge is 0.256 e. The van der Waals surface area contributed by atoms with E-state index in [4.69, 9.17) is 9.47 Å². The fourth-order valence-electron chi connectivity index (χ4n) is 3.78. The molecule has 1 amide bonds. The van der Waals surface area contributed by atoms with Crippen LogP contribution in [0.5, 0.6) is 11.5 Å². The third-order valence-corrected chi connectivity index (χ3v) is 7.32. The molecule has 0 saturated carbocycles. The van der Waals surface area contributed by atoms with E-state index in [1.165, 1.54) is 0 Å². The molecule has 0 aliphatic carbocycles. The number of rotatable bonds is 12. The van der Waals surface area contributed by atoms with Crippen LogP contribution in [0.4, 0.5) is 5.82 Å². The molecule has 2 aromatic heterocycles. The van der Waals surface area contributed by atoms with Crippen LogP contribution in [0.2, 0.25) is 0 Å². The summed E-state index contributed by atoms with van der Waals surface area (Å²) in [4.78, 5) is 26.0. The van der Waals surface area contributed by atoms with Gasteiger partial charge in [0.2, 0.25) is 12.7 Å². The number of thioether (sulfide) groups is 1. The largest absolute Gasteiger partial charge is 0.454 e. The van der Waals surface area contributed by atoms with Crippen LogP contribution in [-0.4, -0.2) is 49.4 Å². The average molecular weight is 497 g/mol. The zero-order chi connectivity index (χ0) is 24.7. The first-order valence-electron chi connectivity index (χ1n) is 12.0. The molecule has 2 N–H and O–H groups in total. The SMILES string of the molecule is CCCCSC(CC)(Nc1cc(C)nc(-n2ccnc2)n1)C(=O)NCCc1ccc2c(c1)OCO2. The van der Waals surface area contributed by atoms with Crippen LogP contribution < -0.4 is 20.1 Å². The number of anilines is 1. The standard InChI is InChI=1S/C25H32N6O3S/c1-4-6-13-35-25(5-2,30-22-14-18(3)28-24(29-22)31-12-11-26-16-31)23(32)27-10-9-19-7-8-20-21(15-19)34-17-33-20/h7-8,11-12,14-16H,4-6,9-10,13,17H2,1-3H3,(H,27,32)(H,28,29,30). The van der Waals surface area contributed by atoms with Crippen LogP contribution in [0, 0.1) is 6.92 Å². The summed E-state index contributed by atoms with van der Waals surface area (Å²) in [5, 5.41) is 6.60. The second kappa shape index (κ2) is 11.4. The zero-order valence-electron chi connectivity index (χ0n) is 20.4. The van der Waals surface area contributed by atoms with Crippen molar-refractivity contribution in [2.75, 3.05) is 24.4 Å². The topological polar surface area (TPSA) is 103 Å². The number of amides is 1. The second-order valence-corrected chi connectivity index (χ2v) is 9.76. The molecular formula is C25H32N6O3S. The number of hydrogen-bond acceptors (Lipinski definition) is 8. The summed E-state index contributed by atoms with van der Waals surface area (Å²) in [5.74, 6) is 3.44. The van der Waals surface area contributed by atoms with E-state index in [1.54, 1.807) is 35.0 Å². The van der Waals surface area contributed by atoms with Gasteiger partial charge in [0.05, 0.1) is 0 Å². The maximum Gasteiger partial charge on any atom is 0.256 e. The number of imidazole rings is 1. The van der Waals surface area contributed by atoms with Gasteiger partial charge in [-0.3, -0.25) is 9.36 Å². The van der Waals surface area contributed by atoms with Gasteiger partial charge in [-0.1, -0.05) is 26.3 Å². The third-order valence-electron chi connectivity index (χ3n) is 5.75. The van der Waals surface area contributed by atoms with Crippen LogP contribution >= 0.6 is 11.8 Å². The first kappa shape index (κ1) is 24.8. The Bertz CT molecular complexity index is 1140. The lowest BCUT2D eigenvalue weighted by Gasteiger charge is -2.32. The summed E-state index contributed by atoms with van der Waals surface area (Å²) in [7, 11) is 0. The Balaban J connectivity index is 1.48. The molecule has 4 rings (SSSR count). The summed E-state index contributed by atoms with van der Waals surface area (Å²) >= 11 is 1.63. The summed E-state index contributed by atoms with van der Waals surface area (Å²) in [6, 6.07) is 7.75. The van der Waals surface area contributed by atoms with Crippen molar-refractivity contribution in [3.05, 3.63) is 54.2 Å². The van der Waals surface area contributed by atoms with Crippen LogP contribution in [0.15, 0.2) is 43.0 Å². The fourth-order valence-corrected chi connectivity index (χ4v) is 5.14. The van der Waals surface area contributed by atoms with E-state index in [0.29, 0.717) is 31.2 Å². The summed E-state index contributed by atoms with van der Waals surface area (Å²) in [6.07, 6.45) is 8.52. The number of nitrogens with zero attached hydrogens (tertiary/aromatic N) is 4. The van der Waals surface area contributed by atoms with E-state index in [0.717, 1.165) is 41.4 Å². The van der Waals surface area contributed by atoms with Gasteiger partial charge in [-0.25, -0.2) is 9.97 Å². The zero-order valence-corrected chi connectivity index (χ0v) is 21.2.